The molecule has 3 heteroatoms. The average Bonchev–Trinajstić information content (AvgIpc) is 2.78. The van der Waals surface area contributed by atoms with Crippen molar-refractivity contribution < 1.29 is 15.0 Å². The first kappa shape index (κ1) is 12.6. The Kier molecular flexibility index (Phi) is 2.50. The number of fused-ring (bicyclic) bond motifs is 3. The molecule has 0 saturated heterocycles. The summed E-state index contributed by atoms with van der Waals surface area (Å²) in [7, 11) is 0. The van der Waals surface area contributed by atoms with Crippen LogP contribution in [0, 0.1) is 35.0 Å². The Balaban J connectivity index is 1.99. The molecular weight excluding hydrogens is 228 g/mol. The molecule has 0 heterocycles. The third kappa shape index (κ3) is 1.41. The van der Waals surface area contributed by atoms with Gasteiger partial charge in [-0.2, -0.15) is 0 Å². The smallest absolute Gasteiger partial charge is 0.136 e. The number of aliphatic hydroxyl groups excluding tert-OH is 1. The van der Waals surface area contributed by atoms with Gasteiger partial charge in [0, 0.05) is 18.3 Å². The van der Waals surface area contributed by atoms with E-state index < -0.39 is 5.60 Å². The molecule has 3 aliphatic rings. The molecule has 3 aliphatic carbocycles. The maximum Gasteiger partial charge on any atom is 0.136 e. The minimum absolute atomic E-state index is 0.0261. The Morgan fingerprint density at radius 3 is 2.61 bits per heavy atom. The zero-order valence-corrected chi connectivity index (χ0v) is 11.5. The highest BCUT2D eigenvalue weighted by molar-refractivity contribution is 5.84. The fraction of sp³-hybridized carbons (Fsp3) is 0.933. The number of hydrogen-bond acceptors (Lipinski definition) is 3. The van der Waals surface area contributed by atoms with Crippen molar-refractivity contribution in [3.05, 3.63) is 0 Å². The second kappa shape index (κ2) is 3.57. The maximum absolute atomic E-state index is 12.0. The Morgan fingerprint density at radius 1 is 1.33 bits per heavy atom. The van der Waals surface area contributed by atoms with Crippen LogP contribution in [0.1, 0.15) is 40.0 Å². The second-order valence-electron chi connectivity index (χ2n) is 7.40. The SMILES string of the molecule is C[C@@H]1C(=O)C[C@H]2[C@@H]1[C@H]1[C@@H](CC[C@@]2(O)CO)C1(C)C. The summed E-state index contributed by atoms with van der Waals surface area (Å²) in [6.07, 6.45) is 2.10. The first-order valence-electron chi connectivity index (χ1n) is 7.19. The normalized spacial score (nSPS) is 53.6. The summed E-state index contributed by atoms with van der Waals surface area (Å²) < 4.78 is 0. The van der Waals surface area contributed by atoms with Crippen LogP contribution in [0.5, 0.6) is 0 Å². The molecule has 3 fully saturated rings. The van der Waals surface area contributed by atoms with Crippen LogP contribution in [0.4, 0.5) is 0 Å². The highest BCUT2D eigenvalue weighted by atomic mass is 16.3. The lowest BCUT2D eigenvalue weighted by atomic mass is 9.74. The highest BCUT2D eigenvalue weighted by Crippen LogP contribution is 2.70. The van der Waals surface area contributed by atoms with Crippen LogP contribution in [0.3, 0.4) is 0 Å². The van der Waals surface area contributed by atoms with Crippen molar-refractivity contribution in [1.29, 1.82) is 0 Å². The van der Waals surface area contributed by atoms with Gasteiger partial charge in [0.25, 0.3) is 0 Å². The molecular formula is C15H24O3. The zero-order chi connectivity index (χ0) is 13.3. The van der Waals surface area contributed by atoms with Crippen molar-refractivity contribution in [2.24, 2.45) is 35.0 Å². The predicted molar refractivity (Wildman–Crippen MR) is 67.8 cm³/mol. The average molecular weight is 252 g/mol. The number of ketones is 1. The molecule has 3 rings (SSSR count). The number of aliphatic hydroxyl groups is 2. The topological polar surface area (TPSA) is 57.5 Å². The molecule has 0 bridgehead atoms. The standard InChI is InChI=1S/C15H24O3/c1-8-11(17)6-10-12(8)13-9(14(13,2)3)4-5-15(10,18)7-16/h8-10,12-13,16,18H,4-7H2,1-3H3/t8-,9-,10+,12-,13-,15-/m1/s1. The number of rotatable bonds is 1. The van der Waals surface area contributed by atoms with Crippen LogP contribution >= 0.6 is 0 Å². The van der Waals surface area contributed by atoms with E-state index in [1.165, 1.54) is 0 Å². The van der Waals surface area contributed by atoms with Crippen LogP contribution in [0.2, 0.25) is 0 Å². The van der Waals surface area contributed by atoms with Crippen molar-refractivity contribution in [1.82, 2.24) is 0 Å². The van der Waals surface area contributed by atoms with Crippen molar-refractivity contribution >= 4 is 5.78 Å². The number of carbonyl (C=O) groups excluding carboxylic acids is 1. The Morgan fingerprint density at radius 2 is 2.00 bits per heavy atom. The zero-order valence-electron chi connectivity index (χ0n) is 11.5. The summed E-state index contributed by atoms with van der Waals surface area (Å²) in [6.45, 7) is 6.39. The largest absolute Gasteiger partial charge is 0.393 e. The molecule has 0 aliphatic heterocycles. The second-order valence-corrected chi connectivity index (χ2v) is 7.40. The number of carbonyl (C=O) groups is 1. The van der Waals surface area contributed by atoms with E-state index in [4.69, 9.17) is 0 Å². The van der Waals surface area contributed by atoms with Crippen LogP contribution in [-0.2, 0) is 4.79 Å². The van der Waals surface area contributed by atoms with Gasteiger partial charge in [0.2, 0.25) is 0 Å². The third-order valence-corrected chi connectivity index (χ3v) is 6.38. The van der Waals surface area contributed by atoms with Crippen LogP contribution in [0.25, 0.3) is 0 Å². The molecule has 18 heavy (non-hydrogen) atoms. The summed E-state index contributed by atoms with van der Waals surface area (Å²) in [4.78, 5) is 12.0. The van der Waals surface area contributed by atoms with E-state index in [0.717, 1.165) is 6.42 Å². The lowest BCUT2D eigenvalue weighted by Crippen LogP contribution is -2.44. The van der Waals surface area contributed by atoms with E-state index in [0.29, 0.717) is 30.1 Å². The van der Waals surface area contributed by atoms with E-state index in [-0.39, 0.29) is 30.1 Å². The van der Waals surface area contributed by atoms with Crippen molar-refractivity contribution in [2.45, 2.75) is 45.6 Å². The van der Waals surface area contributed by atoms with Gasteiger partial charge in [-0.1, -0.05) is 20.8 Å². The Labute approximate surface area is 109 Å². The summed E-state index contributed by atoms with van der Waals surface area (Å²) in [5, 5.41) is 20.2. The minimum atomic E-state index is -1.02. The van der Waals surface area contributed by atoms with Gasteiger partial charge in [-0.3, -0.25) is 4.79 Å². The molecule has 0 amide bonds. The molecule has 0 aromatic carbocycles. The van der Waals surface area contributed by atoms with Gasteiger partial charge in [-0.25, -0.2) is 0 Å². The van der Waals surface area contributed by atoms with E-state index in [1.807, 2.05) is 6.92 Å². The molecule has 0 unspecified atom stereocenters. The predicted octanol–water partition coefficient (Wildman–Crippen LogP) is 1.62. The molecule has 0 aromatic heterocycles. The third-order valence-electron chi connectivity index (χ3n) is 6.38. The number of Topliss-reactive ketones (excluding diaryl/α,β-unsaturated/α-hetero) is 1. The van der Waals surface area contributed by atoms with Gasteiger partial charge >= 0.3 is 0 Å². The first-order chi connectivity index (χ1) is 8.33. The first-order valence-corrected chi connectivity index (χ1v) is 7.19. The Hall–Kier alpha value is -0.410. The van der Waals surface area contributed by atoms with Gasteiger partial charge in [-0.05, 0) is 36.0 Å². The van der Waals surface area contributed by atoms with Gasteiger partial charge < -0.3 is 10.2 Å². The summed E-state index contributed by atoms with van der Waals surface area (Å²) >= 11 is 0. The Bertz CT molecular complexity index is 389. The van der Waals surface area contributed by atoms with Crippen molar-refractivity contribution in [2.75, 3.05) is 6.61 Å². The molecule has 0 radical (unpaired) electrons. The lowest BCUT2D eigenvalue weighted by molar-refractivity contribution is -0.121. The lowest BCUT2D eigenvalue weighted by Gasteiger charge is -2.36. The van der Waals surface area contributed by atoms with Crippen LogP contribution in [0.15, 0.2) is 0 Å². The maximum atomic E-state index is 12.0. The van der Waals surface area contributed by atoms with Gasteiger partial charge in [0.1, 0.15) is 5.78 Å². The summed E-state index contributed by atoms with van der Waals surface area (Å²) in [6, 6.07) is 0. The molecule has 102 valence electrons. The van der Waals surface area contributed by atoms with Gasteiger partial charge in [-0.15, -0.1) is 0 Å². The molecule has 0 spiro atoms. The van der Waals surface area contributed by atoms with Crippen LogP contribution < -0.4 is 0 Å². The van der Waals surface area contributed by atoms with Gasteiger partial charge in [0.05, 0.1) is 12.2 Å². The van der Waals surface area contributed by atoms with E-state index in [2.05, 4.69) is 13.8 Å². The molecule has 2 N–H and O–H groups in total. The molecule has 3 saturated carbocycles. The number of hydrogen-bond donors (Lipinski definition) is 2. The van der Waals surface area contributed by atoms with Gasteiger partial charge in [0.15, 0.2) is 0 Å². The van der Waals surface area contributed by atoms with E-state index in [1.54, 1.807) is 0 Å². The molecule has 3 nitrogen and oxygen atoms in total. The summed E-state index contributed by atoms with van der Waals surface area (Å²) in [5.41, 5.74) is -0.701. The fourth-order valence-electron chi connectivity index (χ4n) is 5.10. The van der Waals surface area contributed by atoms with E-state index >= 15 is 0 Å². The quantitative estimate of drug-likeness (QED) is 0.745. The van der Waals surface area contributed by atoms with Crippen molar-refractivity contribution in [3.8, 4) is 0 Å². The van der Waals surface area contributed by atoms with Crippen LogP contribution in [-0.4, -0.2) is 28.2 Å². The summed E-state index contributed by atoms with van der Waals surface area (Å²) in [5.74, 6) is 1.77. The highest BCUT2D eigenvalue weighted by Gasteiger charge is 2.68. The van der Waals surface area contributed by atoms with E-state index in [9.17, 15) is 15.0 Å². The van der Waals surface area contributed by atoms with Crippen molar-refractivity contribution in [3.63, 3.8) is 0 Å². The molecule has 6 atom stereocenters. The monoisotopic (exact) mass is 252 g/mol. The fourth-order valence-corrected chi connectivity index (χ4v) is 5.10. The minimum Gasteiger partial charge on any atom is -0.393 e. The molecule has 0 aromatic rings.